The second-order valence-corrected chi connectivity index (χ2v) is 5.38. The highest BCUT2D eigenvalue weighted by Crippen LogP contribution is 2.19. The van der Waals surface area contributed by atoms with Crippen LogP contribution in [0.4, 0.5) is 4.79 Å². The largest absolute Gasteiger partial charge is 0.444 e. The first kappa shape index (κ1) is 15.5. The second kappa shape index (κ2) is 6.54. The van der Waals surface area contributed by atoms with E-state index < -0.39 is 11.7 Å². The fraction of sp³-hybridized carbons (Fsp3) is 0.500. The summed E-state index contributed by atoms with van der Waals surface area (Å²) < 4.78 is 5.24. The number of ether oxygens (including phenoxy) is 1. The molecule has 0 spiro atoms. The van der Waals surface area contributed by atoms with E-state index in [1.807, 2.05) is 51.1 Å². The van der Waals surface area contributed by atoms with Gasteiger partial charge < -0.3 is 10.1 Å². The molecule has 3 N–H and O–H groups in total. The lowest BCUT2D eigenvalue weighted by Gasteiger charge is -2.26. The molecule has 2 atom stereocenters. The zero-order valence-corrected chi connectivity index (χ0v) is 11.8. The Hall–Kier alpha value is -1.59. The third kappa shape index (κ3) is 5.28. The van der Waals surface area contributed by atoms with Gasteiger partial charge in [-0.05, 0) is 33.3 Å². The Bertz CT molecular complexity index is 401. The van der Waals surface area contributed by atoms with Crippen molar-refractivity contribution >= 4 is 6.09 Å². The van der Waals surface area contributed by atoms with Gasteiger partial charge in [0.1, 0.15) is 11.7 Å². The minimum atomic E-state index is -0.544. The summed E-state index contributed by atoms with van der Waals surface area (Å²) in [6.45, 7) is 7.22. The summed E-state index contributed by atoms with van der Waals surface area (Å²) in [4.78, 5) is 16.7. The van der Waals surface area contributed by atoms with Crippen LogP contribution in [0.2, 0.25) is 0 Å². The molecule has 1 aromatic carbocycles. The zero-order chi connectivity index (χ0) is 14.5. The van der Waals surface area contributed by atoms with Crippen molar-refractivity contribution < 1.29 is 14.4 Å². The number of benzene rings is 1. The van der Waals surface area contributed by atoms with Crippen molar-refractivity contribution in [3.8, 4) is 0 Å². The first-order chi connectivity index (χ1) is 8.83. The predicted molar refractivity (Wildman–Crippen MR) is 73.3 cm³/mol. The maximum absolute atomic E-state index is 11.8. The van der Waals surface area contributed by atoms with E-state index in [0.29, 0.717) is 0 Å². The fourth-order valence-corrected chi connectivity index (χ4v) is 1.65. The van der Waals surface area contributed by atoms with Crippen LogP contribution in [0.5, 0.6) is 0 Å². The maximum atomic E-state index is 11.8. The van der Waals surface area contributed by atoms with Crippen LogP contribution >= 0.6 is 0 Å². The van der Waals surface area contributed by atoms with Crippen LogP contribution in [0.15, 0.2) is 30.3 Å². The molecule has 106 valence electrons. The number of hydrogen-bond donors (Lipinski definition) is 2. The van der Waals surface area contributed by atoms with Gasteiger partial charge in [-0.25, -0.2) is 10.7 Å². The molecule has 0 aromatic heterocycles. The Morgan fingerprint density at radius 3 is 2.32 bits per heavy atom. The number of nitrogens with two attached hydrogens (primary N) is 1. The molecule has 1 aromatic rings. The van der Waals surface area contributed by atoms with Gasteiger partial charge in [-0.1, -0.05) is 30.3 Å². The number of carbonyl (C=O) groups is 1. The van der Waals surface area contributed by atoms with Crippen molar-refractivity contribution in [1.29, 1.82) is 0 Å². The standard InChI is InChI=1S/C14H22N2O3/c1-10(19-15)12(11-8-6-5-7-9-11)16-13(17)18-14(2,3)4/h5-10,12H,15H2,1-4H3,(H,16,17). The van der Waals surface area contributed by atoms with Gasteiger partial charge in [0.15, 0.2) is 0 Å². The van der Waals surface area contributed by atoms with E-state index in [9.17, 15) is 4.79 Å². The first-order valence-electron chi connectivity index (χ1n) is 6.23. The van der Waals surface area contributed by atoms with Crippen molar-refractivity contribution in [2.24, 2.45) is 5.90 Å². The summed E-state index contributed by atoms with van der Waals surface area (Å²) in [6, 6.07) is 9.13. The van der Waals surface area contributed by atoms with E-state index in [2.05, 4.69) is 5.32 Å². The number of carbonyl (C=O) groups excluding carboxylic acids is 1. The minimum Gasteiger partial charge on any atom is -0.444 e. The number of alkyl carbamates (subject to hydrolysis) is 1. The monoisotopic (exact) mass is 266 g/mol. The van der Waals surface area contributed by atoms with Gasteiger partial charge >= 0.3 is 6.09 Å². The predicted octanol–water partition coefficient (Wildman–Crippen LogP) is 2.53. The summed E-state index contributed by atoms with van der Waals surface area (Å²) in [5.41, 5.74) is 0.365. The third-order valence-electron chi connectivity index (χ3n) is 2.51. The molecule has 0 fully saturated rings. The van der Waals surface area contributed by atoms with Crippen LogP contribution in [0.3, 0.4) is 0 Å². The molecule has 0 saturated heterocycles. The average Bonchev–Trinajstić information content (AvgIpc) is 2.34. The van der Waals surface area contributed by atoms with Gasteiger partial charge in [0, 0.05) is 0 Å². The van der Waals surface area contributed by atoms with E-state index in [-0.39, 0.29) is 12.1 Å². The summed E-state index contributed by atoms with van der Waals surface area (Å²) >= 11 is 0. The zero-order valence-electron chi connectivity index (χ0n) is 11.8. The normalized spacial score (nSPS) is 14.6. The quantitative estimate of drug-likeness (QED) is 0.821. The maximum Gasteiger partial charge on any atom is 0.408 e. The van der Waals surface area contributed by atoms with Crippen molar-refractivity contribution in [2.75, 3.05) is 0 Å². The molecule has 0 aliphatic rings. The molecule has 0 bridgehead atoms. The Balaban J connectivity index is 2.80. The van der Waals surface area contributed by atoms with Crippen LogP contribution in [0.25, 0.3) is 0 Å². The van der Waals surface area contributed by atoms with Gasteiger partial charge in [-0.3, -0.25) is 4.84 Å². The third-order valence-corrected chi connectivity index (χ3v) is 2.51. The Morgan fingerprint density at radius 1 is 1.26 bits per heavy atom. The highest BCUT2D eigenvalue weighted by Gasteiger charge is 2.24. The van der Waals surface area contributed by atoms with Gasteiger partial charge in [0.05, 0.1) is 6.04 Å². The Kier molecular flexibility index (Phi) is 5.32. The Morgan fingerprint density at radius 2 is 1.84 bits per heavy atom. The Labute approximate surface area is 114 Å². The van der Waals surface area contributed by atoms with Crippen LogP contribution in [0.1, 0.15) is 39.3 Å². The number of hydrogen-bond acceptors (Lipinski definition) is 4. The van der Waals surface area contributed by atoms with E-state index in [1.54, 1.807) is 6.92 Å². The van der Waals surface area contributed by atoms with Crippen molar-refractivity contribution in [3.05, 3.63) is 35.9 Å². The minimum absolute atomic E-state index is 0.360. The number of nitrogens with one attached hydrogen (secondary N) is 1. The van der Waals surface area contributed by atoms with Gasteiger partial charge in [0.25, 0.3) is 0 Å². The summed E-state index contributed by atoms with van der Waals surface area (Å²) in [5.74, 6) is 5.22. The number of amides is 1. The van der Waals surface area contributed by atoms with Crippen LogP contribution < -0.4 is 11.2 Å². The van der Waals surface area contributed by atoms with E-state index in [0.717, 1.165) is 5.56 Å². The van der Waals surface area contributed by atoms with Crippen molar-refractivity contribution in [2.45, 2.75) is 45.4 Å². The molecular weight excluding hydrogens is 244 g/mol. The SMILES string of the molecule is CC(ON)C(NC(=O)OC(C)(C)C)c1ccccc1. The lowest BCUT2D eigenvalue weighted by atomic mass is 10.0. The fourth-order valence-electron chi connectivity index (χ4n) is 1.65. The summed E-state index contributed by atoms with van der Waals surface area (Å²) in [6.07, 6.45) is -0.861. The highest BCUT2D eigenvalue weighted by atomic mass is 16.6. The first-order valence-corrected chi connectivity index (χ1v) is 6.23. The molecule has 0 aliphatic heterocycles. The molecule has 5 nitrogen and oxygen atoms in total. The number of rotatable bonds is 4. The molecule has 0 heterocycles. The molecule has 0 saturated carbocycles. The molecule has 1 amide bonds. The van der Waals surface area contributed by atoms with E-state index in [4.69, 9.17) is 15.5 Å². The molecular formula is C14H22N2O3. The lowest BCUT2D eigenvalue weighted by molar-refractivity contribution is 0.0211. The smallest absolute Gasteiger partial charge is 0.408 e. The summed E-state index contributed by atoms with van der Waals surface area (Å²) in [7, 11) is 0. The average molecular weight is 266 g/mol. The lowest BCUT2D eigenvalue weighted by Crippen LogP contribution is -2.40. The van der Waals surface area contributed by atoms with Crippen LogP contribution in [0, 0.1) is 0 Å². The molecule has 19 heavy (non-hydrogen) atoms. The van der Waals surface area contributed by atoms with Crippen molar-refractivity contribution in [3.63, 3.8) is 0 Å². The van der Waals surface area contributed by atoms with Crippen LogP contribution in [-0.2, 0) is 9.57 Å². The van der Waals surface area contributed by atoms with Gasteiger partial charge in [0.2, 0.25) is 0 Å². The van der Waals surface area contributed by atoms with E-state index >= 15 is 0 Å². The molecule has 1 rings (SSSR count). The van der Waals surface area contributed by atoms with Crippen molar-refractivity contribution in [1.82, 2.24) is 5.32 Å². The van der Waals surface area contributed by atoms with Gasteiger partial charge in [-0.2, -0.15) is 0 Å². The van der Waals surface area contributed by atoms with E-state index in [1.165, 1.54) is 0 Å². The highest BCUT2D eigenvalue weighted by molar-refractivity contribution is 5.68. The van der Waals surface area contributed by atoms with Crippen LogP contribution in [-0.4, -0.2) is 17.8 Å². The molecule has 0 radical (unpaired) electrons. The van der Waals surface area contributed by atoms with Gasteiger partial charge in [-0.15, -0.1) is 0 Å². The topological polar surface area (TPSA) is 73.6 Å². The molecule has 0 aliphatic carbocycles. The molecule has 2 unspecified atom stereocenters. The second-order valence-electron chi connectivity index (χ2n) is 5.38. The molecule has 5 heteroatoms. The summed E-state index contributed by atoms with van der Waals surface area (Å²) in [5, 5.41) is 2.77.